The zero-order chi connectivity index (χ0) is 15.4. The molecule has 2 aromatic heterocycles. The van der Waals surface area contributed by atoms with Crippen molar-refractivity contribution < 1.29 is 4.79 Å². The van der Waals surface area contributed by atoms with Gasteiger partial charge in [-0.3, -0.25) is 14.2 Å². The van der Waals surface area contributed by atoms with E-state index < -0.39 is 0 Å². The molecule has 1 unspecified atom stereocenters. The molecule has 0 spiro atoms. The number of carbonyl (C=O) groups excluding carboxylic acids is 1. The summed E-state index contributed by atoms with van der Waals surface area (Å²) in [6.07, 6.45) is 5.05. The zero-order valence-corrected chi connectivity index (χ0v) is 13.3. The van der Waals surface area contributed by atoms with Gasteiger partial charge in [-0.05, 0) is 13.0 Å². The third kappa shape index (κ3) is 3.85. The fourth-order valence-electron chi connectivity index (χ4n) is 2.27. The van der Waals surface area contributed by atoms with Crippen molar-refractivity contribution in [1.29, 1.82) is 0 Å². The number of aryl methyl sites for hydroxylation is 1. The summed E-state index contributed by atoms with van der Waals surface area (Å²) < 4.78 is 3.58. The molecule has 2 heterocycles. The van der Waals surface area contributed by atoms with Crippen molar-refractivity contribution in [2.24, 2.45) is 5.92 Å². The number of hydrogen-bond acceptors (Lipinski definition) is 3. The van der Waals surface area contributed by atoms with Crippen molar-refractivity contribution in [3.63, 3.8) is 0 Å². The molecule has 0 saturated carbocycles. The monoisotopic (exact) mass is 309 g/mol. The van der Waals surface area contributed by atoms with Gasteiger partial charge in [0.1, 0.15) is 0 Å². The van der Waals surface area contributed by atoms with Gasteiger partial charge in [-0.15, -0.1) is 0 Å². The lowest BCUT2D eigenvalue weighted by Gasteiger charge is -2.21. The van der Waals surface area contributed by atoms with Crippen molar-refractivity contribution in [3.05, 3.63) is 35.4 Å². The van der Waals surface area contributed by atoms with Crippen LogP contribution < -0.4 is 0 Å². The third-order valence-electron chi connectivity index (χ3n) is 3.36. The van der Waals surface area contributed by atoms with Crippen LogP contribution in [-0.4, -0.2) is 37.4 Å². The van der Waals surface area contributed by atoms with Gasteiger partial charge in [0.2, 0.25) is 5.91 Å². The average molecular weight is 310 g/mol. The predicted octanol–water partition coefficient (Wildman–Crippen LogP) is 2.05. The smallest absolute Gasteiger partial charge is 0.227 e. The van der Waals surface area contributed by atoms with Crippen LogP contribution in [0.5, 0.6) is 0 Å². The topological polar surface area (TPSA) is 56.0 Å². The molecular formula is C14H20ClN5O. The van der Waals surface area contributed by atoms with Crippen LogP contribution in [0, 0.1) is 5.92 Å². The van der Waals surface area contributed by atoms with Gasteiger partial charge in [0, 0.05) is 26.0 Å². The van der Waals surface area contributed by atoms with E-state index in [4.69, 9.17) is 11.6 Å². The SMILES string of the molecule is CCn1nccc1CN(C)C(=O)C(C)Cn1cc(Cl)cn1. The molecule has 0 radical (unpaired) electrons. The standard InChI is InChI=1S/C14H20ClN5O/c1-4-20-13(5-6-16-20)10-18(3)14(21)11(2)8-19-9-12(15)7-17-19/h5-7,9,11H,4,8,10H2,1-3H3. The predicted molar refractivity (Wildman–Crippen MR) is 80.8 cm³/mol. The minimum Gasteiger partial charge on any atom is -0.340 e. The highest BCUT2D eigenvalue weighted by molar-refractivity contribution is 6.30. The Balaban J connectivity index is 1.95. The summed E-state index contributed by atoms with van der Waals surface area (Å²) in [6.45, 7) is 5.79. The lowest BCUT2D eigenvalue weighted by Crippen LogP contribution is -2.34. The van der Waals surface area contributed by atoms with E-state index in [-0.39, 0.29) is 11.8 Å². The van der Waals surface area contributed by atoms with Crippen molar-refractivity contribution in [2.75, 3.05) is 7.05 Å². The van der Waals surface area contributed by atoms with E-state index in [1.165, 1.54) is 0 Å². The van der Waals surface area contributed by atoms with Gasteiger partial charge in [0.15, 0.2) is 0 Å². The van der Waals surface area contributed by atoms with Gasteiger partial charge in [-0.25, -0.2) is 0 Å². The molecule has 1 atom stereocenters. The highest BCUT2D eigenvalue weighted by Crippen LogP contribution is 2.11. The molecule has 0 aliphatic carbocycles. The fraction of sp³-hybridized carbons (Fsp3) is 0.500. The molecule has 0 fully saturated rings. The molecule has 0 aliphatic heterocycles. The van der Waals surface area contributed by atoms with Crippen molar-refractivity contribution in [3.8, 4) is 0 Å². The van der Waals surface area contributed by atoms with E-state index in [9.17, 15) is 4.79 Å². The summed E-state index contributed by atoms with van der Waals surface area (Å²) in [5, 5.41) is 8.89. The number of halogens is 1. The van der Waals surface area contributed by atoms with Crippen molar-refractivity contribution in [1.82, 2.24) is 24.5 Å². The normalized spacial score (nSPS) is 12.4. The highest BCUT2D eigenvalue weighted by atomic mass is 35.5. The Bertz CT molecular complexity index is 606. The summed E-state index contributed by atoms with van der Waals surface area (Å²) in [7, 11) is 1.81. The molecule has 2 aromatic rings. The Morgan fingerprint density at radius 3 is 2.86 bits per heavy atom. The number of hydrogen-bond donors (Lipinski definition) is 0. The van der Waals surface area contributed by atoms with Crippen LogP contribution in [0.15, 0.2) is 24.7 Å². The van der Waals surface area contributed by atoms with E-state index in [2.05, 4.69) is 10.2 Å². The van der Waals surface area contributed by atoms with Gasteiger partial charge in [-0.1, -0.05) is 18.5 Å². The second-order valence-electron chi connectivity index (χ2n) is 5.11. The van der Waals surface area contributed by atoms with E-state index in [0.717, 1.165) is 12.2 Å². The number of rotatable bonds is 6. The maximum Gasteiger partial charge on any atom is 0.227 e. The molecule has 6 nitrogen and oxygen atoms in total. The molecule has 114 valence electrons. The van der Waals surface area contributed by atoms with Crippen LogP contribution in [0.25, 0.3) is 0 Å². The van der Waals surface area contributed by atoms with Gasteiger partial charge >= 0.3 is 0 Å². The summed E-state index contributed by atoms with van der Waals surface area (Å²) >= 11 is 5.83. The third-order valence-corrected chi connectivity index (χ3v) is 3.56. The average Bonchev–Trinajstić information content (AvgIpc) is 3.06. The second kappa shape index (κ2) is 6.76. The summed E-state index contributed by atoms with van der Waals surface area (Å²) in [5.41, 5.74) is 1.03. The van der Waals surface area contributed by atoms with Crippen LogP contribution in [-0.2, 0) is 24.4 Å². The fourth-order valence-corrected chi connectivity index (χ4v) is 2.43. The van der Waals surface area contributed by atoms with Crippen molar-refractivity contribution >= 4 is 17.5 Å². The maximum absolute atomic E-state index is 12.4. The molecular weight excluding hydrogens is 290 g/mol. The minimum atomic E-state index is -0.163. The first-order valence-corrected chi connectivity index (χ1v) is 7.32. The summed E-state index contributed by atoms with van der Waals surface area (Å²) in [6, 6.07) is 1.94. The van der Waals surface area contributed by atoms with Gasteiger partial charge in [0.05, 0.1) is 35.9 Å². The Morgan fingerprint density at radius 1 is 1.48 bits per heavy atom. The van der Waals surface area contributed by atoms with Crippen LogP contribution in [0.3, 0.4) is 0 Å². The summed E-state index contributed by atoms with van der Waals surface area (Å²) in [4.78, 5) is 14.1. The molecule has 7 heteroatoms. The number of nitrogens with zero attached hydrogens (tertiary/aromatic N) is 5. The van der Waals surface area contributed by atoms with Crippen LogP contribution >= 0.6 is 11.6 Å². The number of aromatic nitrogens is 4. The molecule has 0 bridgehead atoms. The molecule has 0 saturated heterocycles. The van der Waals surface area contributed by atoms with E-state index in [1.54, 1.807) is 28.2 Å². The Kier molecular flexibility index (Phi) is 5.01. The number of amides is 1. The first kappa shape index (κ1) is 15.6. The van der Waals surface area contributed by atoms with E-state index in [0.29, 0.717) is 18.1 Å². The largest absolute Gasteiger partial charge is 0.340 e. The molecule has 2 rings (SSSR count). The minimum absolute atomic E-state index is 0.0745. The molecule has 0 N–H and O–H groups in total. The summed E-state index contributed by atoms with van der Waals surface area (Å²) in [5.74, 6) is -0.0885. The van der Waals surface area contributed by atoms with Gasteiger partial charge in [-0.2, -0.15) is 10.2 Å². The molecule has 0 aromatic carbocycles. The lowest BCUT2D eigenvalue weighted by atomic mass is 10.1. The Morgan fingerprint density at radius 2 is 2.24 bits per heavy atom. The van der Waals surface area contributed by atoms with E-state index >= 15 is 0 Å². The quantitative estimate of drug-likeness (QED) is 0.820. The first-order valence-electron chi connectivity index (χ1n) is 6.95. The lowest BCUT2D eigenvalue weighted by molar-refractivity contribution is -0.134. The van der Waals surface area contributed by atoms with Crippen LogP contribution in [0.4, 0.5) is 0 Å². The molecule has 1 amide bonds. The van der Waals surface area contributed by atoms with Crippen molar-refractivity contribution in [2.45, 2.75) is 33.5 Å². The second-order valence-corrected chi connectivity index (χ2v) is 5.55. The Hall–Kier alpha value is -1.82. The molecule has 21 heavy (non-hydrogen) atoms. The maximum atomic E-state index is 12.4. The number of carbonyl (C=O) groups is 1. The van der Waals surface area contributed by atoms with E-state index in [1.807, 2.05) is 31.6 Å². The van der Waals surface area contributed by atoms with Gasteiger partial charge in [0.25, 0.3) is 0 Å². The highest BCUT2D eigenvalue weighted by Gasteiger charge is 2.19. The van der Waals surface area contributed by atoms with Gasteiger partial charge < -0.3 is 4.90 Å². The Labute approximate surface area is 129 Å². The molecule has 0 aliphatic rings. The zero-order valence-electron chi connectivity index (χ0n) is 12.5. The van der Waals surface area contributed by atoms with Crippen LogP contribution in [0.2, 0.25) is 5.02 Å². The van der Waals surface area contributed by atoms with Crippen LogP contribution in [0.1, 0.15) is 19.5 Å². The first-order chi connectivity index (χ1) is 10.0.